The lowest BCUT2D eigenvalue weighted by Gasteiger charge is -2.33. The van der Waals surface area contributed by atoms with Crippen LogP contribution in [0.1, 0.15) is 27.2 Å². The minimum Gasteiger partial charge on any atom is -0.207 e. The van der Waals surface area contributed by atoms with E-state index < -0.39 is 21.4 Å². The monoisotopic (exact) mass is 337 g/mol. The zero-order valence-corrected chi connectivity index (χ0v) is 13.3. The molecule has 1 aromatic rings. The van der Waals surface area contributed by atoms with E-state index in [2.05, 4.69) is 15.9 Å². The first-order chi connectivity index (χ1) is 8.13. The van der Waals surface area contributed by atoms with E-state index in [0.29, 0.717) is 10.9 Å². The molecule has 0 unspecified atom stereocenters. The van der Waals surface area contributed by atoms with Crippen molar-refractivity contribution in [3.05, 3.63) is 28.5 Å². The molecule has 0 bridgehead atoms. The number of hydrogen-bond donors (Lipinski definition) is 0. The highest BCUT2D eigenvalue weighted by molar-refractivity contribution is 9.10. The molecule has 0 radical (unpaired) electrons. The van der Waals surface area contributed by atoms with Gasteiger partial charge in [0.25, 0.3) is 0 Å². The van der Waals surface area contributed by atoms with Crippen LogP contribution in [0.2, 0.25) is 0 Å². The molecule has 1 aromatic carbocycles. The highest BCUT2D eigenvalue weighted by atomic mass is 79.9. The minimum absolute atomic E-state index is 0.297. The first-order valence-electron chi connectivity index (χ1n) is 5.57. The second-order valence-corrected chi connectivity index (χ2v) is 7.57. The van der Waals surface area contributed by atoms with Gasteiger partial charge in [-0.25, -0.2) is 12.8 Å². The lowest BCUT2D eigenvalue weighted by Crippen LogP contribution is -2.44. The molecule has 0 aromatic heterocycles. The molecule has 3 nitrogen and oxygen atoms in total. The normalized spacial score (nSPS) is 13.1. The molecule has 102 valence electrons. The Hall–Kier alpha value is -0.460. The molecule has 0 saturated carbocycles. The standard InChI is InChI=1S/C12H17BrFNO2S/c1-5-12(2,3)15(4)18(16,17)11-7-6-9(13)8-10(11)14/h6-8H,5H2,1-4H3. The first-order valence-corrected chi connectivity index (χ1v) is 7.80. The van der Waals surface area contributed by atoms with E-state index in [1.54, 1.807) is 13.8 Å². The van der Waals surface area contributed by atoms with E-state index in [-0.39, 0.29) is 4.90 Å². The molecule has 0 amide bonds. The Bertz CT molecular complexity index is 543. The van der Waals surface area contributed by atoms with Gasteiger partial charge in [-0.1, -0.05) is 22.9 Å². The van der Waals surface area contributed by atoms with E-state index in [0.717, 1.165) is 6.07 Å². The summed E-state index contributed by atoms with van der Waals surface area (Å²) in [4.78, 5) is -0.297. The lowest BCUT2D eigenvalue weighted by molar-refractivity contribution is 0.256. The van der Waals surface area contributed by atoms with Crippen LogP contribution in [-0.4, -0.2) is 25.3 Å². The van der Waals surface area contributed by atoms with Crippen molar-refractivity contribution in [2.24, 2.45) is 0 Å². The van der Waals surface area contributed by atoms with Gasteiger partial charge in [0.1, 0.15) is 10.7 Å². The third kappa shape index (κ3) is 2.92. The molecule has 18 heavy (non-hydrogen) atoms. The van der Waals surface area contributed by atoms with Gasteiger partial charge in [0.05, 0.1) is 0 Å². The summed E-state index contributed by atoms with van der Waals surface area (Å²) in [6.07, 6.45) is 0.640. The summed E-state index contributed by atoms with van der Waals surface area (Å²) < 4.78 is 40.2. The Kier molecular flexibility index (Phi) is 4.56. The summed E-state index contributed by atoms with van der Waals surface area (Å²) in [6, 6.07) is 3.94. The SMILES string of the molecule is CCC(C)(C)N(C)S(=O)(=O)c1ccc(Br)cc1F. The van der Waals surface area contributed by atoms with Crippen LogP contribution in [0.25, 0.3) is 0 Å². The number of hydrogen-bond acceptors (Lipinski definition) is 2. The highest BCUT2D eigenvalue weighted by Crippen LogP contribution is 2.27. The third-order valence-corrected chi connectivity index (χ3v) is 5.85. The number of nitrogens with zero attached hydrogens (tertiary/aromatic N) is 1. The van der Waals surface area contributed by atoms with Crippen LogP contribution < -0.4 is 0 Å². The predicted octanol–water partition coefficient (Wildman–Crippen LogP) is 3.40. The second-order valence-electron chi connectivity index (χ2n) is 4.71. The maximum atomic E-state index is 13.8. The molecule has 1 rings (SSSR count). The van der Waals surface area contributed by atoms with Gasteiger partial charge in [0.2, 0.25) is 10.0 Å². The van der Waals surface area contributed by atoms with E-state index in [1.807, 2.05) is 6.92 Å². The van der Waals surface area contributed by atoms with Gasteiger partial charge in [-0.2, -0.15) is 4.31 Å². The number of halogens is 2. The number of rotatable bonds is 4. The summed E-state index contributed by atoms with van der Waals surface area (Å²) in [6.45, 7) is 5.51. The molecular weight excluding hydrogens is 321 g/mol. The van der Waals surface area contributed by atoms with Crippen LogP contribution in [0.4, 0.5) is 4.39 Å². The van der Waals surface area contributed by atoms with E-state index in [9.17, 15) is 12.8 Å². The van der Waals surface area contributed by atoms with Crippen molar-refractivity contribution in [1.29, 1.82) is 0 Å². The van der Waals surface area contributed by atoms with Crippen LogP contribution in [0.3, 0.4) is 0 Å². The van der Waals surface area contributed by atoms with Crippen LogP contribution >= 0.6 is 15.9 Å². The summed E-state index contributed by atoms with van der Waals surface area (Å²) in [5.41, 5.74) is -0.557. The van der Waals surface area contributed by atoms with Crippen molar-refractivity contribution in [3.63, 3.8) is 0 Å². The Balaban J connectivity index is 3.30. The second kappa shape index (κ2) is 5.27. The maximum absolute atomic E-state index is 13.8. The van der Waals surface area contributed by atoms with E-state index >= 15 is 0 Å². The summed E-state index contributed by atoms with van der Waals surface area (Å²) in [5.74, 6) is -0.747. The predicted molar refractivity (Wildman–Crippen MR) is 73.4 cm³/mol. The molecular formula is C12H17BrFNO2S. The van der Waals surface area contributed by atoms with Gasteiger partial charge in [-0.15, -0.1) is 0 Å². The van der Waals surface area contributed by atoms with Crippen molar-refractivity contribution in [1.82, 2.24) is 4.31 Å². The molecule has 0 heterocycles. The van der Waals surface area contributed by atoms with Crippen molar-refractivity contribution in [2.45, 2.75) is 37.6 Å². The quantitative estimate of drug-likeness (QED) is 0.844. The first kappa shape index (κ1) is 15.6. The zero-order chi connectivity index (χ0) is 14.1. The molecule has 0 fully saturated rings. The Morgan fingerprint density at radius 2 is 1.94 bits per heavy atom. The Morgan fingerprint density at radius 1 is 1.39 bits per heavy atom. The molecule has 0 aliphatic rings. The minimum atomic E-state index is -3.82. The lowest BCUT2D eigenvalue weighted by atomic mass is 10.0. The Morgan fingerprint density at radius 3 is 2.39 bits per heavy atom. The fourth-order valence-electron chi connectivity index (χ4n) is 1.38. The molecule has 6 heteroatoms. The largest absolute Gasteiger partial charge is 0.246 e. The number of sulfonamides is 1. The van der Waals surface area contributed by atoms with Crippen molar-refractivity contribution in [2.75, 3.05) is 7.05 Å². The summed E-state index contributed by atoms with van der Waals surface area (Å²) in [5, 5.41) is 0. The maximum Gasteiger partial charge on any atom is 0.246 e. The van der Waals surface area contributed by atoms with Crippen LogP contribution in [-0.2, 0) is 10.0 Å². The fraction of sp³-hybridized carbons (Fsp3) is 0.500. The zero-order valence-electron chi connectivity index (χ0n) is 10.9. The van der Waals surface area contributed by atoms with Crippen LogP contribution in [0.5, 0.6) is 0 Å². The van der Waals surface area contributed by atoms with Gasteiger partial charge in [-0.05, 0) is 38.5 Å². The van der Waals surface area contributed by atoms with Gasteiger partial charge in [0.15, 0.2) is 0 Å². The third-order valence-electron chi connectivity index (χ3n) is 3.25. The molecule has 0 aliphatic carbocycles. The van der Waals surface area contributed by atoms with E-state index in [1.165, 1.54) is 23.5 Å². The molecule has 0 N–H and O–H groups in total. The molecule has 0 atom stereocenters. The Labute approximate surface area is 116 Å². The average molecular weight is 338 g/mol. The van der Waals surface area contributed by atoms with Gasteiger partial charge in [0, 0.05) is 17.1 Å². The van der Waals surface area contributed by atoms with Crippen molar-refractivity contribution in [3.8, 4) is 0 Å². The van der Waals surface area contributed by atoms with E-state index in [4.69, 9.17) is 0 Å². The van der Waals surface area contributed by atoms with Crippen molar-refractivity contribution >= 4 is 26.0 Å². The topological polar surface area (TPSA) is 37.4 Å². The molecule has 0 spiro atoms. The average Bonchev–Trinajstić information content (AvgIpc) is 2.27. The van der Waals surface area contributed by atoms with Gasteiger partial charge in [-0.3, -0.25) is 0 Å². The number of benzene rings is 1. The van der Waals surface area contributed by atoms with Crippen molar-refractivity contribution < 1.29 is 12.8 Å². The van der Waals surface area contributed by atoms with Crippen LogP contribution in [0, 0.1) is 5.82 Å². The molecule has 0 saturated heterocycles. The van der Waals surface area contributed by atoms with Crippen LogP contribution in [0.15, 0.2) is 27.6 Å². The van der Waals surface area contributed by atoms with Gasteiger partial charge < -0.3 is 0 Å². The molecule has 0 aliphatic heterocycles. The fourth-order valence-corrected chi connectivity index (χ4v) is 3.33. The summed E-state index contributed by atoms with van der Waals surface area (Å²) >= 11 is 3.10. The smallest absolute Gasteiger partial charge is 0.207 e. The highest BCUT2D eigenvalue weighted by Gasteiger charge is 2.34. The van der Waals surface area contributed by atoms with Gasteiger partial charge >= 0.3 is 0 Å². The summed E-state index contributed by atoms with van der Waals surface area (Å²) in [7, 11) is -2.35.